The number of nitrogens with one attached hydrogen (secondary N) is 1. The summed E-state index contributed by atoms with van der Waals surface area (Å²) in [6.07, 6.45) is 7.87. The molecule has 142 valence electrons. The van der Waals surface area contributed by atoms with Gasteiger partial charge in [0.05, 0.1) is 6.26 Å². The molecule has 1 saturated carbocycles. The standard InChI is InChI=1S/C18H30N4O2.HI/c1-14-15(10-11-24-14)13-22(4)18(19-12-17(23)21(2)3)20-16-8-6-5-7-9-16;/h10-11,16H,5-9,12-13H2,1-4H3,(H,19,20);1H. The molecule has 6 nitrogen and oxygen atoms in total. The van der Waals surface area contributed by atoms with Gasteiger partial charge in [0, 0.05) is 39.3 Å². The molecule has 1 heterocycles. The van der Waals surface area contributed by atoms with Crippen LogP contribution in [0.3, 0.4) is 0 Å². The molecule has 0 atom stereocenters. The molecule has 1 aliphatic carbocycles. The minimum atomic E-state index is 0. The van der Waals surface area contributed by atoms with Crippen molar-refractivity contribution in [2.24, 2.45) is 4.99 Å². The number of rotatable bonds is 5. The Morgan fingerprint density at radius 1 is 1.28 bits per heavy atom. The lowest BCUT2D eigenvalue weighted by Crippen LogP contribution is -2.45. The molecule has 2 rings (SSSR count). The Balaban J connectivity index is 0.00000312. The predicted molar refractivity (Wildman–Crippen MR) is 111 cm³/mol. The number of aryl methyl sites for hydroxylation is 1. The third-order valence-electron chi connectivity index (χ3n) is 4.54. The summed E-state index contributed by atoms with van der Waals surface area (Å²) >= 11 is 0. The van der Waals surface area contributed by atoms with E-state index in [1.54, 1.807) is 25.3 Å². The van der Waals surface area contributed by atoms with Crippen LogP contribution in [0.2, 0.25) is 0 Å². The van der Waals surface area contributed by atoms with Crippen LogP contribution < -0.4 is 5.32 Å². The number of carbonyl (C=O) groups is 1. The van der Waals surface area contributed by atoms with E-state index >= 15 is 0 Å². The van der Waals surface area contributed by atoms with Gasteiger partial charge >= 0.3 is 0 Å². The van der Waals surface area contributed by atoms with Gasteiger partial charge < -0.3 is 19.5 Å². The van der Waals surface area contributed by atoms with Crippen LogP contribution >= 0.6 is 24.0 Å². The Labute approximate surface area is 168 Å². The van der Waals surface area contributed by atoms with E-state index in [-0.39, 0.29) is 36.4 Å². The molecular weight excluding hydrogens is 431 g/mol. The molecule has 0 aliphatic heterocycles. The summed E-state index contributed by atoms with van der Waals surface area (Å²) in [5, 5.41) is 3.56. The first kappa shape index (κ1) is 21.8. The number of aliphatic imine (C=N–C) groups is 1. The lowest BCUT2D eigenvalue weighted by Gasteiger charge is -2.29. The Morgan fingerprint density at radius 3 is 2.52 bits per heavy atom. The monoisotopic (exact) mass is 462 g/mol. The van der Waals surface area contributed by atoms with Gasteiger partial charge in [0.2, 0.25) is 5.91 Å². The fourth-order valence-corrected chi connectivity index (χ4v) is 2.90. The summed E-state index contributed by atoms with van der Waals surface area (Å²) in [4.78, 5) is 20.1. The van der Waals surface area contributed by atoms with E-state index in [4.69, 9.17) is 4.42 Å². The minimum absolute atomic E-state index is 0. The molecule has 1 aromatic heterocycles. The molecule has 1 N–H and O–H groups in total. The molecule has 7 heteroatoms. The Hall–Kier alpha value is -1.25. The van der Waals surface area contributed by atoms with Crippen molar-refractivity contribution in [1.29, 1.82) is 0 Å². The van der Waals surface area contributed by atoms with Crippen molar-refractivity contribution in [2.45, 2.75) is 51.6 Å². The molecule has 0 saturated heterocycles. The third kappa shape index (κ3) is 6.87. The van der Waals surface area contributed by atoms with E-state index < -0.39 is 0 Å². The predicted octanol–water partition coefficient (Wildman–Crippen LogP) is 3.00. The number of nitrogens with zero attached hydrogens (tertiary/aromatic N) is 3. The molecule has 0 radical (unpaired) electrons. The van der Waals surface area contributed by atoms with E-state index in [0.29, 0.717) is 12.6 Å². The molecular formula is C18H31IN4O2. The second-order valence-electron chi connectivity index (χ2n) is 6.77. The van der Waals surface area contributed by atoms with Crippen molar-refractivity contribution < 1.29 is 9.21 Å². The first-order valence-electron chi connectivity index (χ1n) is 8.72. The summed E-state index contributed by atoms with van der Waals surface area (Å²) in [5.41, 5.74) is 1.13. The highest BCUT2D eigenvalue weighted by atomic mass is 127. The van der Waals surface area contributed by atoms with Crippen molar-refractivity contribution in [3.05, 3.63) is 23.7 Å². The van der Waals surface area contributed by atoms with E-state index in [2.05, 4.69) is 15.2 Å². The lowest BCUT2D eigenvalue weighted by molar-refractivity contribution is -0.127. The third-order valence-corrected chi connectivity index (χ3v) is 4.54. The summed E-state index contributed by atoms with van der Waals surface area (Å²) in [6, 6.07) is 2.43. The second kappa shape index (κ2) is 10.7. The molecule has 0 aromatic carbocycles. The van der Waals surface area contributed by atoms with Gasteiger partial charge in [-0.15, -0.1) is 24.0 Å². The molecule has 1 aliphatic rings. The maximum atomic E-state index is 11.9. The van der Waals surface area contributed by atoms with Crippen LogP contribution in [0.15, 0.2) is 21.7 Å². The first-order valence-corrected chi connectivity index (χ1v) is 8.72. The van der Waals surface area contributed by atoms with Gasteiger partial charge in [-0.25, -0.2) is 4.99 Å². The molecule has 25 heavy (non-hydrogen) atoms. The summed E-state index contributed by atoms with van der Waals surface area (Å²) in [7, 11) is 5.51. The minimum Gasteiger partial charge on any atom is -0.469 e. The van der Waals surface area contributed by atoms with Crippen molar-refractivity contribution in [1.82, 2.24) is 15.1 Å². The summed E-state index contributed by atoms with van der Waals surface area (Å²) < 4.78 is 5.38. The average molecular weight is 462 g/mol. The fourth-order valence-electron chi connectivity index (χ4n) is 2.90. The Kier molecular flexibility index (Phi) is 9.31. The fraction of sp³-hybridized carbons (Fsp3) is 0.667. The number of carbonyl (C=O) groups excluding carboxylic acids is 1. The SMILES string of the molecule is Cc1occc1CN(C)C(=NCC(=O)N(C)C)NC1CCCCC1.I. The molecule has 1 fully saturated rings. The lowest BCUT2D eigenvalue weighted by atomic mass is 9.96. The zero-order chi connectivity index (χ0) is 17.5. The number of hydrogen-bond donors (Lipinski definition) is 1. The van der Waals surface area contributed by atoms with Gasteiger partial charge in [-0.3, -0.25) is 4.79 Å². The van der Waals surface area contributed by atoms with Crippen LogP contribution in [-0.2, 0) is 11.3 Å². The molecule has 1 aromatic rings. The average Bonchev–Trinajstić information content (AvgIpc) is 2.96. The molecule has 0 bridgehead atoms. The maximum absolute atomic E-state index is 11.9. The second-order valence-corrected chi connectivity index (χ2v) is 6.77. The highest BCUT2D eigenvalue weighted by Crippen LogP contribution is 2.18. The largest absolute Gasteiger partial charge is 0.469 e. The van der Waals surface area contributed by atoms with Crippen LogP contribution in [0.25, 0.3) is 0 Å². The number of halogens is 1. The van der Waals surface area contributed by atoms with Crippen LogP contribution in [-0.4, -0.2) is 55.4 Å². The van der Waals surface area contributed by atoms with Gasteiger partial charge in [-0.2, -0.15) is 0 Å². The number of hydrogen-bond acceptors (Lipinski definition) is 3. The Morgan fingerprint density at radius 2 is 1.96 bits per heavy atom. The van der Waals surface area contributed by atoms with E-state index in [1.165, 1.54) is 32.1 Å². The van der Waals surface area contributed by atoms with Gasteiger partial charge in [-0.05, 0) is 25.8 Å². The van der Waals surface area contributed by atoms with Crippen molar-refractivity contribution >= 4 is 35.8 Å². The van der Waals surface area contributed by atoms with Crippen LogP contribution in [0, 0.1) is 6.92 Å². The number of guanidine groups is 1. The van der Waals surface area contributed by atoms with E-state index in [1.807, 2.05) is 20.0 Å². The smallest absolute Gasteiger partial charge is 0.243 e. The molecule has 0 spiro atoms. The zero-order valence-corrected chi connectivity index (χ0v) is 18.1. The van der Waals surface area contributed by atoms with Gasteiger partial charge in [0.1, 0.15) is 12.3 Å². The zero-order valence-electron chi connectivity index (χ0n) is 15.7. The van der Waals surface area contributed by atoms with Gasteiger partial charge in [0.25, 0.3) is 0 Å². The Bertz CT molecular complexity index is 565. The van der Waals surface area contributed by atoms with Crippen LogP contribution in [0.4, 0.5) is 0 Å². The van der Waals surface area contributed by atoms with Crippen molar-refractivity contribution in [2.75, 3.05) is 27.7 Å². The molecule has 1 amide bonds. The molecule has 0 unspecified atom stereocenters. The quantitative estimate of drug-likeness (QED) is 0.415. The van der Waals surface area contributed by atoms with Crippen LogP contribution in [0.5, 0.6) is 0 Å². The van der Waals surface area contributed by atoms with Crippen molar-refractivity contribution in [3.63, 3.8) is 0 Å². The highest BCUT2D eigenvalue weighted by Gasteiger charge is 2.18. The van der Waals surface area contributed by atoms with Crippen LogP contribution in [0.1, 0.15) is 43.4 Å². The van der Waals surface area contributed by atoms with Crippen molar-refractivity contribution in [3.8, 4) is 0 Å². The topological polar surface area (TPSA) is 61.1 Å². The number of furan rings is 1. The van der Waals surface area contributed by atoms with E-state index in [9.17, 15) is 4.79 Å². The normalized spacial score (nSPS) is 15.4. The van der Waals surface area contributed by atoms with Gasteiger partial charge in [-0.1, -0.05) is 19.3 Å². The number of likely N-dealkylation sites (N-methyl/N-ethyl adjacent to an activating group) is 1. The first-order chi connectivity index (χ1) is 11.5. The summed E-state index contributed by atoms with van der Waals surface area (Å²) in [6.45, 7) is 2.83. The summed E-state index contributed by atoms with van der Waals surface area (Å²) in [5.74, 6) is 1.71. The number of amides is 1. The van der Waals surface area contributed by atoms with E-state index in [0.717, 1.165) is 17.3 Å². The maximum Gasteiger partial charge on any atom is 0.243 e. The van der Waals surface area contributed by atoms with Gasteiger partial charge in [0.15, 0.2) is 5.96 Å². The highest BCUT2D eigenvalue weighted by molar-refractivity contribution is 14.0.